The van der Waals surface area contributed by atoms with Crippen LogP contribution in [-0.2, 0) is 16.0 Å². The zero-order chi connectivity index (χ0) is 26.2. The van der Waals surface area contributed by atoms with Gasteiger partial charge in [0.1, 0.15) is 18.9 Å². The van der Waals surface area contributed by atoms with Gasteiger partial charge in [0.2, 0.25) is 5.91 Å². The van der Waals surface area contributed by atoms with Crippen LogP contribution in [0.1, 0.15) is 26.8 Å². The zero-order valence-corrected chi connectivity index (χ0v) is 22.2. The van der Waals surface area contributed by atoms with Crippen LogP contribution < -0.4 is 14.2 Å². The summed E-state index contributed by atoms with van der Waals surface area (Å²) >= 11 is 1.69. The Morgan fingerprint density at radius 2 is 1.84 bits per heavy atom. The van der Waals surface area contributed by atoms with Crippen molar-refractivity contribution in [2.45, 2.75) is 12.5 Å². The summed E-state index contributed by atoms with van der Waals surface area (Å²) in [7, 11) is 4.73. The molecule has 2 aromatic carbocycles. The van der Waals surface area contributed by atoms with Crippen molar-refractivity contribution in [1.82, 2.24) is 9.80 Å². The molecule has 0 saturated heterocycles. The monoisotopic (exact) mass is 524 g/mol. The first-order chi connectivity index (χ1) is 18.0. The molecule has 3 aromatic rings. The van der Waals surface area contributed by atoms with Crippen LogP contribution in [0.25, 0.3) is 0 Å². The second-order valence-electron chi connectivity index (χ2n) is 8.57. The molecule has 0 fully saturated rings. The predicted octanol–water partition coefficient (Wildman–Crippen LogP) is 4.06. The van der Waals surface area contributed by atoms with Gasteiger partial charge in [0.25, 0.3) is 5.91 Å². The third-order valence-electron chi connectivity index (χ3n) is 6.38. The summed E-state index contributed by atoms with van der Waals surface area (Å²) in [6.07, 6.45) is 0.770. The molecule has 2 heterocycles. The second-order valence-corrected chi connectivity index (χ2v) is 9.57. The highest BCUT2D eigenvalue weighted by Gasteiger charge is 2.34. The van der Waals surface area contributed by atoms with Crippen molar-refractivity contribution in [3.63, 3.8) is 0 Å². The first kappa shape index (κ1) is 26.5. The molecule has 2 amide bonds. The van der Waals surface area contributed by atoms with Crippen LogP contribution in [0.2, 0.25) is 0 Å². The minimum Gasteiger partial charge on any atom is -0.497 e. The maximum absolute atomic E-state index is 13.7. The van der Waals surface area contributed by atoms with E-state index in [-0.39, 0.29) is 37.6 Å². The van der Waals surface area contributed by atoms with E-state index in [0.717, 1.165) is 12.0 Å². The van der Waals surface area contributed by atoms with E-state index in [1.165, 1.54) is 9.78 Å². The van der Waals surface area contributed by atoms with Gasteiger partial charge in [-0.3, -0.25) is 9.59 Å². The molecule has 196 valence electrons. The first-order valence-corrected chi connectivity index (χ1v) is 13.0. The largest absolute Gasteiger partial charge is 0.497 e. The Labute approximate surface area is 221 Å². The number of fused-ring (bicyclic) bond motifs is 1. The van der Waals surface area contributed by atoms with E-state index in [1.54, 1.807) is 56.9 Å². The normalized spacial score (nSPS) is 14.6. The number of carbonyl (C=O) groups is 2. The lowest BCUT2D eigenvalue weighted by molar-refractivity contribution is -0.135. The van der Waals surface area contributed by atoms with Gasteiger partial charge in [-0.15, -0.1) is 11.3 Å². The van der Waals surface area contributed by atoms with E-state index in [1.807, 2.05) is 34.5 Å². The van der Waals surface area contributed by atoms with Crippen molar-refractivity contribution in [2.24, 2.45) is 0 Å². The van der Waals surface area contributed by atoms with Crippen LogP contribution in [0.3, 0.4) is 0 Å². The fourth-order valence-electron chi connectivity index (χ4n) is 4.43. The number of carbonyl (C=O) groups excluding carboxylic acids is 2. The van der Waals surface area contributed by atoms with Gasteiger partial charge in [0.15, 0.2) is 11.5 Å². The molecule has 1 aliphatic heterocycles. The number of thiophene rings is 1. The highest BCUT2D eigenvalue weighted by atomic mass is 32.1. The SMILES string of the molecule is COCCN(CC(=O)N1CCc2sccc2[C@H]1COc1ccccc1OC)C(=O)c1cccc(OC)c1. The molecule has 0 N–H and O–H groups in total. The highest BCUT2D eigenvalue weighted by Crippen LogP contribution is 2.35. The van der Waals surface area contributed by atoms with Gasteiger partial charge < -0.3 is 28.7 Å². The maximum atomic E-state index is 13.7. The molecule has 1 aliphatic rings. The molecule has 9 heteroatoms. The fraction of sp³-hybridized carbons (Fsp3) is 0.357. The maximum Gasteiger partial charge on any atom is 0.254 e. The van der Waals surface area contributed by atoms with Gasteiger partial charge in [0.05, 0.1) is 26.9 Å². The number of rotatable bonds is 11. The molecule has 0 bridgehead atoms. The smallest absolute Gasteiger partial charge is 0.254 e. The summed E-state index contributed by atoms with van der Waals surface area (Å²) in [6, 6.07) is 16.2. The van der Waals surface area contributed by atoms with E-state index in [2.05, 4.69) is 6.07 Å². The quantitative estimate of drug-likeness (QED) is 0.377. The molecule has 0 spiro atoms. The standard InChI is InChI=1S/C28H32N2O6S/c1-33-15-14-29(28(32)20-7-6-8-21(17-20)34-2)18-27(31)30-13-11-26-22(12-16-37-26)23(30)19-36-25-10-5-4-9-24(25)35-3/h4-10,12,16-17,23H,11,13-15,18-19H2,1-3H3/t23-/m1/s1. The lowest BCUT2D eigenvalue weighted by Gasteiger charge is -2.37. The summed E-state index contributed by atoms with van der Waals surface area (Å²) < 4.78 is 22.1. The minimum absolute atomic E-state index is 0.0654. The molecule has 0 unspecified atom stereocenters. The Morgan fingerprint density at radius 3 is 2.59 bits per heavy atom. The Hall–Kier alpha value is -3.56. The zero-order valence-electron chi connectivity index (χ0n) is 21.3. The van der Waals surface area contributed by atoms with E-state index in [9.17, 15) is 9.59 Å². The van der Waals surface area contributed by atoms with E-state index in [4.69, 9.17) is 18.9 Å². The number of hydrogen-bond acceptors (Lipinski definition) is 7. The molecule has 4 rings (SSSR count). The van der Waals surface area contributed by atoms with Crippen LogP contribution >= 0.6 is 11.3 Å². The van der Waals surface area contributed by atoms with Gasteiger partial charge in [0, 0.05) is 30.6 Å². The Bertz CT molecular complexity index is 1210. The van der Waals surface area contributed by atoms with Crippen LogP contribution in [0.5, 0.6) is 17.2 Å². The lowest BCUT2D eigenvalue weighted by atomic mass is 10.0. The number of amides is 2. The molecule has 1 aromatic heterocycles. The third-order valence-corrected chi connectivity index (χ3v) is 7.37. The van der Waals surface area contributed by atoms with E-state index < -0.39 is 0 Å². The Balaban J connectivity index is 1.54. The third kappa shape index (κ3) is 6.23. The van der Waals surface area contributed by atoms with Crippen molar-refractivity contribution < 1.29 is 28.5 Å². The van der Waals surface area contributed by atoms with Crippen LogP contribution in [0, 0.1) is 0 Å². The average molecular weight is 525 g/mol. The van der Waals surface area contributed by atoms with Crippen molar-refractivity contribution in [2.75, 3.05) is 54.2 Å². The molecule has 0 aliphatic carbocycles. The molecule has 0 radical (unpaired) electrons. The molecule has 1 atom stereocenters. The number of hydrogen-bond donors (Lipinski definition) is 0. The molecule has 37 heavy (non-hydrogen) atoms. The summed E-state index contributed by atoms with van der Waals surface area (Å²) in [6.45, 7) is 1.37. The van der Waals surface area contributed by atoms with Crippen LogP contribution in [0.15, 0.2) is 60.0 Å². The van der Waals surface area contributed by atoms with Crippen LogP contribution in [0.4, 0.5) is 0 Å². The average Bonchev–Trinajstić information content (AvgIpc) is 3.43. The van der Waals surface area contributed by atoms with Gasteiger partial charge in [-0.05, 0) is 53.8 Å². The number of ether oxygens (including phenoxy) is 4. The lowest BCUT2D eigenvalue weighted by Crippen LogP contribution is -2.48. The number of nitrogens with zero attached hydrogens (tertiary/aromatic N) is 2. The fourth-order valence-corrected chi connectivity index (χ4v) is 5.36. The minimum atomic E-state index is -0.274. The number of para-hydroxylation sites is 2. The second kappa shape index (κ2) is 12.6. The molecular weight excluding hydrogens is 492 g/mol. The topological polar surface area (TPSA) is 77.5 Å². The summed E-state index contributed by atoms with van der Waals surface area (Å²) in [5.74, 6) is 1.45. The molecular formula is C28H32N2O6S. The van der Waals surface area contributed by atoms with Crippen molar-refractivity contribution in [3.05, 3.63) is 76.0 Å². The summed E-state index contributed by atoms with van der Waals surface area (Å²) in [4.78, 5) is 31.7. The predicted molar refractivity (Wildman–Crippen MR) is 142 cm³/mol. The van der Waals surface area contributed by atoms with Gasteiger partial charge >= 0.3 is 0 Å². The first-order valence-electron chi connectivity index (χ1n) is 12.1. The number of benzene rings is 2. The van der Waals surface area contributed by atoms with Crippen molar-refractivity contribution in [1.29, 1.82) is 0 Å². The Kier molecular flexibility index (Phi) is 9.03. The highest BCUT2D eigenvalue weighted by molar-refractivity contribution is 7.10. The van der Waals surface area contributed by atoms with Crippen molar-refractivity contribution in [3.8, 4) is 17.2 Å². The van der Waals surface area contributed by atoms with E-state index in [0.29, 0.717) is 36.0 Å². The Morgan fingerprint density at radius 1 is 1.03 bits per heavy atom. The number of methoxy groups -OCH3 is 3. The van der Waals surface area contributed by atoms with E-state index >= 15 is 0 Å². The molecule has 0 saturated carbocycles. The summed E-state index contributed by atoms with van der Waals surface area (Å²) in [5, 5.41) is 2.05. The summed E-state index contributed by atoms with van der Waals surface area (Å²) in [5.41, 5.74) is 1.54. The van der Waals surface area contributed by atoms with Crippen molar-refractivity contribution >= 4 is 23.2 Å². The van der Waals surface area contributed by atoms with Crippen LogP contribution in [-0.4, -0.2) is 75.8 Å². The molecule has 8 nitrogen and oxygen atoms in total. The van der Waals surface area contributed by atoms with Gasteiger partial charge in [-0.2, -0.15) is 0 Å². The van der Waals surface area contributed by atoms with Gasteiger partial charge in [-0.1, -0.05) is 18.2 Å². The van der Waals surface area contributed by atoms with Gasteiger partial charge in [-0.25, -0.2) is 0 Å².